The molecule has 0 aromatic carbocycles. The van der Waals surface area contributed by atoms with E-state index in [1.54, 1.807) is 18.0 Å². The molecule has 1 unspecified atom stereocenters. The summed E-state index contributed by atoms with van der Waals surface area (Å²) >= 11 is 0. The Morgan fingerprint density at radius 1 is 1.42 bits per heavy atom. The average molecular weight is 261 g/mol. The first-order valence-corrected chi connectivity index (χ1v) is 6.18. The van der Waals surface area contributed by atoms with E-state index in [0.29, 0.717) is 6.61 Å². The number of anilines is 1. The molecule has 0 fully saturated rings. The van der Waals surface area contributed by atoms with Crippen LogP contribution in [0.4, 0.5) is 5.82 Å². The topological polar surface area (TPSA) is 64.9 Å². The fourth-order valence-electron chi connectivity index (χ4n) is 1.84. The second-order valence-corrected chi connectivity index (χ2v) is 4.51. The fourth-order valence-corrected chi connectivity index (χ4v) is 1.84. The maximum atomic E-state index is 5.16. The summed E-state index contributed by atoms with van der Waals surface area (Å²) in [6.45, 7) is 2.64. The van der Waals surface area contributed by atoms with E-state index < -0.39 is 0 Å². The molecule has 0 aliphatic carbocycles. The number of methoxy groups -OCH3 is 1. The number of nitrogens with zero attached hydrogens (tertiary/aromatic N) is 4. The van der Waals surface area contributed by atoms with Crippen LogP contribution in [0.2, 0.25) is 0 Å². The maximum absolute atomic E-state index is 5.16. The second kappa shape index (κ2) is 5.79. The third kappa shape index (κ3) is 3.08. The van der Waals surface area contributed by atoms with E-state index in [9.17, 15) is 0 Å². The monoisotopic (exact) mass is 261 g/mol. The molecular weight excluding hydrogens is 242 g/mol. The lowest BCUT2D eigenvalue weighted by molar-refractivity contribution is 0.181. The zero-order valence-corrected chi connectivity index (χ0v) is 11.7. The highest BCUT2D eigenvalue weighted by Crippen LogP contribution is 2.22. The Bertz CT molecular complexity index is 552. The molecule has 0 aliphatic rings. The third-order valence-electron chi connectivity index (χ3n) is 2.86. The summed E-state index contributed by atoms with van der Waals surface area (Å²) in [7, 11) is 5.42. The van der Waals surface area contributed by atoms with Crippen LogP contribution < -0.4 is 5.32 Å². The Balaban J connectivity index is 2.41. The first-order valence-electron chi connectivity index (χ1n) is 6.18. The van der Waals surface area contributed by atoms with Crippen molar-refractivity contribution in [1.29, 1.82) is 0 Å². The van der Waals surface area contributed by atoms with Gasteiger partial charge in [-0.05, 0) is 0 Å². The van der Waals surface area contributed by atoms with Crippen molar-refractivity contribution in [2.45, 2.75) is 12.8 Å². The van der Waals surface area contributed by atoms with Gasteiger partial charge >= 0.3 is 0 Å². The molecule has 6 nitrogen and oxygen atoms in total. The van der Waals surface area contributed by atoms with Gasteiger partial charge in [-0.2, -0.15) is 5.10 Å². The number of hydrogen-bond donors (Lipinski definition) is 1. The van der Waals surface area contributed by atoms with Gasteiger partial charge < -0.3 is 10.1 Å². The van der Waals surface area contributed by atoms with E-state index in [1.165, 1.54) is 0 Å². The number of aromatic nitrogens is 4. The maximum Gasteiger partial charge on any atom is 0.136 e. The molecule has 1 N–H and O–H groups in total. The van der Waals surface area contributed by atoms with Crippen LogP contribution >= 0.6 is 0 Å². The molecule has 0 amide bonds. The molecule has 1 atom stereocenters. The molecule has 0 saturated carbocycles. The van der Waals surface area contributed by atoms with E-state index in [-0.39, 0.29) is 5.92 Å². The van der Waals surface area contributed by atoms with Gasteiger partial charge in [-0.15, -0.1) is 0 Å². The van der Waals surface area contributed by atoms with Crippen LogP contribution in [-0.4, -0.2) is 40.5 Å². The molecule has 2 rings (SSSR count). The Morgan fingerprint density at radius 2 is 2.21 bits per heavy atom. The highest BCUT2D eigenvalue weighted by molar-refractivity contribution is 5.60. The van der Waals surface area contributed by atoms with Gasteiger partial charge in [0.05, 0.1) is 18.5 Å². The molecule has 2 aromatic heterocycles. The molecule has 0 saturated heterocycles. The zero-order chi connectivity index (χ0) is 13.8. The van der Waals surface area contributed by atoms with E-state index in [1.807, 2.05) is 33.3 Å². The molecule has 0 aliphatic heterocycles. The molecule has 0 spiro atoms. The lowest BCUT2D eigenvalue weighted by Crippen LogP contribution is -2.09. The van der Waals surface area contributed by atoms with Gasteiger partial charge in [-0.25, -0.2) is 9.97 Å². The minimum absolute atomic E-state index is 0.147. The van der Waals surface area contributed by atoms with Gasteiger partial charge in [0.1, 0.15) is 11.6 Å². The predicted octanol–water partition coefficient (Wildman–Crippen LogP) is 1.67. The molecule has 2 aromatic rings. The number of aryl methyl sites for hydroxylation is 1. The van der Waals surface area contributed by atoms with Crippen molar-refractivity contribution >= 4 is 5.82 Å². The van der Waals surface area contributed by atoms with Crippen LogP contribution in [0.1, 0.15) is 18.7 Å². The summed E-state index contributed by atoms with van der Waals surface area (Å²) in [6, 6.07) is 1.92. The predicted molar refractivity (Wildman–Crippen MR) is 74.1 cm³/mol. The minimum atomic E-state index is 0.147. The molecular formula is C13H19N5O. The Labute approximate surface area is 112 Å². The normalized spacial score (nSPS) is 12.4. The SMILES string of the molecule is CNc1cc(-c2cnn(C)c2)nc(C(C)COC)n1. The quantitative estimate of drug-likeness (QED) is 0.887. The summed E-state index contributed by atoms with van der Waals surface area (Å²) in [6.07, 6.45) is 3.74. The van der Waals surface area contributed by atoms with E-state index in [0.717, 1.165) is 22.9 Å². The number of rotatable bonds is 5. The van der Waals surface area contributed by atoms with Crippen LogP contribution in [0.3, 0.4) is 0 Å². The van der Waals surface area contributed by atoms with Gasteiger partial charge in [-0.1, -0.05) is 6.92 Å². The third-order valence-corrected chi connectivity index (χ3v) is 2.86. The van der Waals surface area contributed by atoms with E-state index in [4.69, 9.17) is 4.74 Å². The standard InChI is InChI=1S/C13H19N5O/c1-9(8-19-4)13-16-11(5-12(14-2)17-13)10-6-15-18(3)7-10/h5-7,9H,8H2,1-4H3,(H,14,16,17). The molecule has 0 radical (unpaired) electrons. The Kier molecular flexibility index (Phi) is 4.11. The molecule has 6 heteroatoms. The van der Waals surface area contributed by atoms with Gasteiger partial charge in [0.2, 0.25) is 0 Å². The number of hydrogen-bond acceptors (Lipinski definition) is 5. The largest absolute Gasteiger partial charge is 0.384 e. The molecule has 19 heavy (non-hydrogen) atoms. The van der Waals surface area contributed by atoms with Crippen LogP contribution in [0.25, 0.3) is 11.3 Å². The summed E-state index contributed by atoms with van der Waals surface area (Å²) in [4.78, 5) is 9.07. The summed E-state index contributed by atoms with van der Waals surface area (Å²) in [5, 5.41) is 7.23. The van der Waals surface area contributed by atoms with Crippen molar-refractivity contribution < 1.29 is 4.74 Å². The summed E-state index contributed by atoms with van der Waals surface area (Å²) in [5.74, 6) is 1.72. The van der Waals surface area contributed by atoms with Crippen molar-refractivity contribution in [2.24, 2.45) is 7.05 Å². The summed E-state index contributed by atoms with van der Waals surface area (Å²) in [5.41, 5.74) is 1.85. The zero-order valence-electron chi connectivity index (χ0n) is 11.7. The number of nitrogens with one attached hydrogen (secondary N) is 1. The highest BCUT2D eigenvalue weighted by atomic mass is 16.5. The summed E-state index contributed by atoms with van der Waals surface area (Å²) < 4.78 is 6.92. The van der Waals surface area contributed by atoms with Crippen LogP contribution in [0.15, 0.2) is 18.5 Å². The van der Waals surface area contributed by atoms with Crippen LogP contribution in [0.5, 0.6) is 0 Å². The second-order valence-electron chi connectivity index (χ2n) is 4.51. The van der Waals surface area contributed by atoms with Gasteiger partial charge in [0.15, 0.2) is 0 Å². The van der Waals surface area contributed by atoms with Crippen molar-refractivity contribution in [2.75, 3.05) is 26.1 Å². The smallest absolute Gasteiger partial charge is 0.136 e. The lowest BCUT2D eigenvalue weighted by atomic mass is 10.1. The van der Waals surface area contributed by atoms with E-state index in [2.05, 4.69) is 20.4 Å². The van der Waals surface area contributed by atoms with Crippen molar-refractivity contribution in [3.63, 3.8) is 0 Å². The molecule has 2 heterocycles. The molecule has 102 valence electrons. The van der Waals surface area contributed by atoms with Gasteiger partial charge in [0.25, 0.3) is 0 Å². The van der Waals surface area contributed by atoms with E-state index >= 15 is 0 Å². The van der Waals surface area contributed by atoms with Crippen LogP contribution in [-0.2, 0) is 11.8 Å². The lowest BCUT2D eigenvalue weighted by Gasteiger charge is -2.12. The molecule has 0 bridgehead atoms. The Morgan fingerprint density at radius 3 is 2.79 bits per heavy atom. The van der Waals surface area contributed by atoms with Crippen molar-refractivity contribution in [3.05, 3.63) is 24.3 Å². The van der Waals surface area contributed by atoms with Crippen molar-refractivity contribution in [3.8, 4) is 11.3 Å². The Hall–Kier alpha value is -1.95. The average Bonchev–Trinajstić information content (AvgIpc) is 2.85. The van der Waals surface area contributed by atoms with Gasteiger partial charge in [-0.3, -0.25) is 4.68 Å². The first-order chi connectivity index (χ1) is 9.13. The first kappa shape index (κ1) is 13.5. The van der Waals surface area contributed by atoms with Gasteiger partial charge in [0, 0.05) is 44.9 Å². The minimum Gasteiger partial charge on any atom is -0.384 e. The van der Waals surface area contributed by atoms with Crippen LogP contribution in [0, 0.1) is 0 Å². The highest BCUT2D eigenvalue weighted by Gasteiger charge is 2.13. The van der Waals surface area contributed by atoms with Crippen molar-refractivity contribution in [1.82, 2.24) is 19.7 Å². The fraction of sp³-hybridized carbons (Fsp3) is 0.462. The number of ether oxygens (including phenoxy) is 1.